The molecule has 1 amide bonds. The van der Waals surface area contributed by atoms with Crippen molar-refractivity contribution in [1.82, 2.24) is 33.4 Å². The topological polar surface area (TPSA) is 117 Å². The van der Waals surface area contributed by atoms with Gasteiger partial charge in [-0.05, 0) is 56.2 Å². The maximum absolute atomic E-state index is 13.9. The molecule has 0 spiro atoms. The molecule has 5 rings (SSSR count). The third-order valence-corrected chi connectivity index (χ3v) is 7.25. The number of unbranched alkanes of at least 4 members (excludes halogenated alkanes) is 1. The largest absolute Gasteiger partial charge is 0.337 e. The highest BCUT2D eigenvalue weighted by atomic mass is 32.1. The summed E-state index contributed by atoms with van der Waals surface area (Å²) >= 11 is 1.39. The minimum atomic E-state index is -1.11. The van der Waals surface area contributed by atoms with Gasteiger partial charge in [0.15, 0.2) is 23.1 Å². The van der Waals surface area contributed by atoms with Crippen molar-refractivity contribution in [2.24, 2.45) is 0 Å². The Bertz CT molecular complexity index is 1680. The first-order valence-corrected chi connectivity index (χ1v) is 14.4. The van der Waals surface area contributed by atoms with Gasteiger partial charge in [0.25, 0.3) is 0 Å². The maximum Gasteiger partial charge on any atom is 0.246 e. The lowest BCUT2D eigenvalue weighted by Gasteiger charge is -2.18. The Balaban J connectivity index is 1.25. The van der Waals surface area contributed by atoms with Crippen LogP contribution in [0.2, 0.25) is 0 Å². The van der Waals surface area contributed by atoms with Crippen LogP contribution in [-0.2, 0) is 17.9 Å². The Hall–Kier alpha value is -4.43. The smallest absolute Gasteiger partial charge is 0.246 e. The first kappa shape index (κ1) is 29.1. The summed E-state index contributed by atoms with van der Waals surface area (Å²) in [5.74, 6) is -1.41. The number of fused-ring (bicyclic) bond motifs is 1. The molecule has 0 aliphatic rings. The SMILES string of the molecule is CCCCN(CC)Cc1cc(Nc2nc(C)cn3c(Nc4cnn(CC(=O)Nc5cccc(F)c5F)c4)cnc23)sn1. The van der Waals surface area contributed by atoms with Crippen molar-refractivity contribution in [2.45, 2.75) is 46.7 Å². The fraction of sp³-hybridized carbons (Fsp3) is 0.321. The van der Waals surface area contributed by atoms with Crippen LogP contribution in [0.5, 0.6) is 0 Å². The van der Waals surface area contributed by atoms with Crippen molar-refractivity contribution < 1.29 is 13.6 Å². The Morgan fingerprint density at radius 2 is 2.00 bits per heavy atom. The highest BCUT2D eigenvalue weighted by Gasteiger charge is 2.15. The molecular formula is C28H32F2N10OS. The second-order valence-electron chi connectivity index (χ2n) is 9.80. The van der Waals surface area contributed by atoms with Gasteiger partial charge in [-0.2, -0.15) is 9.47 Å². The molecule has 0 bridgehead atoms. The van der Waals surface area contributed by atoms with E-state index in [4.69, 9.17) is 0 Å². The van der Waals surface area contributed by atoms with E-state index in [1.807, 2.05) is 17.5 Å². The van der Waals surface area contributed by atoms with Crippen LogP contribution in [0, 0.1) is 18.6 Å². The maximum atomic E-state index is 13.9. The quantitative estimate of drug-likeness (QED) is 0.159. The molecule has 3 N–H and O–H groups in total. The van der Waals surface area contributed by atoms with Gasteiger partial charge in [0.05, 0.1) is 35.2 Å². The molecule has 0 fully saturated rings. The summed E-state index contributed by atoms with van der Waals surface area (Å²) in [4.78, 5) is 24.0. The number of amides is 1. The number of imidazole rings is 1. The lowest BCUT2D eigenvalue weighted by Crippen LogP contribution is -2.24. The van der Waals surface area contributed by atoms with Gasteiger partial charge in [-0.3, -0.25) is 18.8 Å². The minimum absolute atomic E-state index is 0.187. The summed E-state index contributed by atoms with van der Waals surface area (Å²) in [5, 5.41) is 14.1. The van der Waals surface area contributed by atoms with Crippen molar-refractivity contribution in [1.29, 1.82) is 0 Å². The lowest BCUT2D eigenvalue weighted by molar-refractivity contribution is -0.116. The molecule has 11 nitrogen and oxygen atoms in total. The monoisotopic (exact) mass is 594 g/mol. The number of benzene rings is 1. The fourth-order valence-electron chi connectivity index (χ4n) is 4.41. The molecular weight excluding hydrogens is 562 g/mol. The van der Waals surface area contributed by atoms with Gasteiger partial charge in [-0.25, -0.2) is 18.7 Å². The van der Waals surface area contributed by atoms with Crippen LogP contribution in [0.25, 0.3) is 5.65 Å². The molecule has 0 unspecified atom stereocenters. The molecule has 14 heteroatoms. The molecule has 0 aliphatic carbocycles. The van der Waals surface area contributed by atoms with Crippen LogP contribution in [-0.4, -0.2) is 52.4 Å². The Morgan fingerprint density at radius 3 is 2.81 bits per heavy atom. The standard InChI is InChI=1S/C28H32F2N10OS/c1-4-6-10-38(5-2)15-19-11-25(42-37-19)36-27-28-31-13-23(40(28)14-18(3)33-27)34-20-12-32-39(16-20)17-24(41)35-22-9-7-8-21(29)26(22)30/h7-9,11-14,16,34H,4-6,10,15,17H2,1-3H3,(H,33,36)(H,35,41). The predicted octanol–water partition coefficient (Wildman–Crippen LogP) is 5.72. The van der Waals surface area contributed by atoms with Crippen LogP contribution in [0.4, 0.5) is 36.8 Å². The summed E-state index contributed by atoms with van der Waals surface area (Å²) in [6.45, 7) is 8.91. The van der Waals surface area contributed by atoms with Gasteiger partial charge in [-0.15, -0.1) is 0 Å². The van der Waals surface area contributed by atoms with Crippen LogP contribution in [0.1, 0.15) is 38.1 Å². The molecule has 0 radical (unpaired) electrons. The number of nitrogens with one attached hydrogen (secondary N) is 3. The van der Waals surface area contributed by atoms with Crippen LogP contribution in [0.15, 0.2) is 49.1 Å². The second-order valence-corrected chi connectivity index (χ2v) is 10.6. The number of halogens is 2. The van der Waals surface area contributed by atoms with Crippen molar-refractivity contribution in [3.05, 3.63) is 72.1 Å². The molecule has 220 valence electrons. The van der Waals surface area contributed by atoms with Crippen molar-refractivity contribution in [3.8, 4) is 0 Å². The summed E-state index contributed by atoms with van der Waals surface area (Å²) in [7, 11) is 0. The average Bonchev–Trinajstić information content (AvgIpc) is 3.70. The van der Waals surface area contributed by atoms with Gasteiger partial charge in [-0.1, -0.05) is 26.3 Å². The Morgan fingerprint density at radius 1 is 1.14 bits per heavy atom. The first-order valence-electron chi connectivity index (χ1n) is 13.7. The minimum Gasteiger partial charge on any atom is -0.337 e. The average molecular weight is 595 g/mol. The van der Waals surface area contributed by atoms with Crippen LogP contribution < -0.4 is 16.0 Å². The molecule has 5 aromatic rings. The van der Waals surface area contributed by atoms with Crippen LogP contribution >= 0.6 is 11.5 Å². The van der Waals surface area contributed by atoms with E-state index in [2.05, 4.69) is 60.2 Å². The van der Waals surface area contributed by atoms with Crippen molar-refractivity contribution in [3.63, 3.8) is 0 Å². The molecule has 0 saturated heterocycles. The number of rotatable bonds is 13. The third-order valence-electron chi connectivity index (χ3n) is 6.51. The van der Waals surface area contributed by atoms with Gasteiger partial charge in [0.1, 0.15) is 17.4 Å². The number of hydrogen-bond donors (Lipinski definition) is 3. The Labute approximate surface area is 245 Å². The van der Waals surface area contributed by atoms with E-state index in [-0.39, 0.29) is 12.2 Å². The fourth-order valence-corrected chi connectivity index (χ4v) is 5.06. The number of anilines is 5. The molecule has 1 aromatic carbocycles. The van der Waals surface area contributed by atoms with E-state index in [9.17, 15) is 13.6 Å². The van der Waals surface area contributed by atoms with E-state index < -0.39 is 17.5 Å². The van der Waals surface area contributed by atoms with Gasteiger partial charge >= 0.3 is 0 Å². The Kier molecular flexibility index (Phi) is 9.03. The van der Waals surface area contributed by atoms with E-state index >= 15 is 0 Å². The van der Waals surface area contributed by atoms with E-state index in [0.717, 1.165) is 48.5 Å². The van der Waals surface area contributed by atoms with E-state index in [1.54, 1.807) is 18.6 Å². The third kappa shape index (κ3) is 6.89. The molecule has 4 heterocycles. The zero-order valence-corrected chi connectivity index (χ0v) is 24.4. The summed E-state index contributed by atoms with van der Waals surface area (Å²) < 4.78 is 35.2. The molecule has 0 atom stereocenters. The second kappa shape index (κ2) is 13.0. The van der Waals surface area contributed by atoms with Crippen LogP contribution in [0.3, 0.4) is 0 Å². The predicted molar refractivity (Wildman–Crippen MR) is 159 cm³/mol. The number of aromatic nitrogens is 6. The van der Waals surface area contributed by atoms with E-state index in [0.29, 0.717) is 23.0 Å². The van der Waals surface area contributed by atoms with Gasteiger partial charge in [0, 0.05) is 18.9 Å². The van der Waals surface area contributed by atoms with E-state index in [1.165, 1.54) is 34.8 Å². The normalized spacial score (nSPS) is 11.4. The van der Waals surface area contributed by atoms with Gasteiger partial charge < -0.3 is 16.0 Å². The zero-order valence-electron chi connectivity index (χ0n) is 23.6. The van der Waals surface area contributed by atoms with Crippen molar-refractivity contribution in [2.75, 3.05) is 29.0 Å². The van der Waals surface area contributed by atoms with Crippen molar-refractivity contribution >= 4 is 51.1 Å². The number of carbonyl (C=O) groups is 1. The molecule has 4 aromatic heterocycles. The summed E-state index contributed by atoms with van der Waals surface area (Å²) in [6.07, 6.45) is 9.07. The number of nitrogens with zero attached hydrogens (tertiary/aromatic N) is 7. The number of aryl methyl sites for hydroxylation is 1. The summed E-state index contributed by atoms with van der Waals surface area (Å²) in [5.41, 5.74) is 2.81. The molecule has 42 heavy (non-hydrogen) atoms. The number of hydrogen-bond acceptors (Lipinski definition) is 9. The first-order chi connectivity index (χ1) is 20.3. The molecule has 0 aliphatic heterocycles. The van der Waals surface area contributed by atoms with Gasteiger partial charge in [0.2, 0.25) is 5.91 Å². The summed E-state index contributed by atoms with van der Waals surface area (Å²) in [6, 6.07) is 5.65. The highest BCUT2D eigenvalue weighted by Crippen LogP contribution is 2.27. The molecule has 0 saturated carbocycles. The highest BCUT2D eigenvalue weighted by molar-refractivity contribution is 7.10. The number of carbonyl (C=O) groups excluding carboxylic acids is 1. The zero-order chi connectivity index (χ0) is 29.6. The lowest BCUT2D eigenvalue weighted by atomic mass is 10.3.